The summed E-state index contributed by atoms with van der Waals surface area (Å²) in [4.78, 5) is 17.8. The van der Waals surface area contributed by atoms with Gasteiger partial charge in [-0.05, 0) is 23.8 Å². The van der Waals surface area contributed by atoms with E-state index in [0.29, 0.717) is 16.7 Å². The summed E-state index contributed by atoms with van der Waals surface area (Å²) in [5.41, 5.74) is 3.56. The molecule has 3 aromatic rings. The lowest BCUT2D eigenvalue weighted by molar-refractivity contribution is -0.114. The van der Waals surface area contributed by atoms with Crippen molar-refractivity contribution in [2.24, 2.45) is 0 Å². The topological polar surface area (TPSA) is 77.5 Å². The van der Waals surface area contributed by atoms with Crippen LogP contribution in [0.3, 0.4) is 0 Å². The number of nitrogens with zero attached hydrogens (tertiary/aromatic N) is 2. The van der Waals surface area contributed by atoms with Crippen molar-refractivity contribution in [2.75, 3.05) is 36.4 Å². The van der Waals surface area contributed by atoms with Crippen molar-refractivity contribution < 1.29 is 14.3 Å². The minimum absolute atomic E-state index is 0.0587. The summed E-state index contributed by atoms with van der Waals surface area (Å²) in [5.74, 6) is -0.846. The van der Waals surface area contributed by atoms with E-state index in [1.807, 2.05) is 24.4 Å². The number of pyridine rings is 1. The lowest BCUT2D eigenvalue weighted by Crippen LogP contribution is -2.43. The molecule has 1 aromatic heterocycles. The highest BCUT2D eigenvalue weighted by molar-refractivity contribution is 5.89. The third kappa shape index (κ3) is 4.11. The first kappa shape index (κ1) is 19.8. The first-order valence-electron chi connectivity index (χ1n) is 9.83. The minimum Gasteiger partial charge on any atom is -0.507 e. The van der Waals surface area contributed by atoms with Crippen LogP contribution >= 0.6 is 0 Å². The predicted octanol–water partition coefficient (Wildman–Crippen LogP) is 3.63. The van der Waals surface area contributed by atoms with E-state index in [1.165, 1.54) is 19.1 Å². The molecule has 1 saturated heterocycles. The monoisotopic (exact) mass is 406 g/mol. The van der Waals surface area contributed by atoms with Gasteiger partial charge in [0.2, 0.25) is 5.91 Å². The van der Waals surface area contributed by atoms with Crippen LogP contribution < -0.4 is 15.5 Å². The molecule has 154 valence electrons. The van der Waals surface area contributed by atoms with Gasteiger partial charge in [-0.2, -0.15) is 0 Å². The quantitative estimate of drug-likeness (QED) is 0.617. The Morgan fingerprint density at radius 2 is 1.83 bits per heavy atom. The molecule has 2 aromatic carbocycles. The standard InChI is InChI=1S/C23H23FN4O2/c1-15(29)27-22-6-5-16(12-21(22)24)19-3-2-4-20(23(19)30)17-11-18(14-26-13-17)28-9-7-25-8-10-28/h2-6,11-14,25,30H,7-10H2,1H3,(H,27,29). The van der Waals surface area contributed by atoms with Gasteiger partial charge in [0, 0.05) is 56.0 Å². The van der Waals surface area contributed by atoms with E-state index in [9.17, 15) is 14.3 Å². The molecule has 6 nitrogen and oxygen atoms in total. The molecule has 0 atom stereocenters. The predicted molar refractivity (Wildman–Crippen MR) is 116 cm³/mol. The molecule has 1 aliphatic rings. The molecule has 0 unspecified atom stereocenters. The summed E-state index contributed by atoms with van der Waals surface area (Å²) < 4.78 is 14.4. The molecule has 1 amide bonds. The number of amides is 1. The number of piperazine rings is 1. The highest BCUT2D eigenvalue weighted by atomic mass is 19.1. The smallest absolute Gasteiger partial charge is 0.221 e. The molecule has 4 rings (SSSR count). The van der Waals surface area contributed by atoms with E-state index in [4.69, 9.17) is 0 Å². The molecule has 1 fully saturated rings. The third-order valence-electron chi connectivity index (χ3n) is 5.14. The molecule has 3 N–H and O–H groups in total. The zero-order chi connectivity index (χ0) is 21.1. The van der Waals surface area contributed by atoms with Crippen molar-refractivity contribution in [3.8, 4) is 28.0 Å². The second kappa shape index (κ2) is 8.51. The number of nitrogens with one attached hydrogen (secondary N) is 2. The Balaban J connectivity index is 1.69. The van der Waals surface area contributed by atoms with Crippen molar-refractivity contribution in [3.05, 3.63) is 60.7 Å². The Kier molecular flexibility index (Phi) is 5.63. The van der Waals surface area contributed by atoms with Crippen LogP contribution in [-0.2, 0) is 4.79 Å². The number of benzene rings is 2. The van der Waals surface area contributed by atoms with Gasteiger partial charge in [0.1, 0.15) is 11.6 Å². The van der Waals surface area contributed by atoms with Gasteiger partial charge in [-0.25, -0.2) is 4.39 Å². The number of aromatic nitrogens is 1. The number of rotatable bonds is 4. The maximum atomic E-state index is 14.4. The number of aromatic hydroxyl groups is 1. The normalized spacial score (nSPS) is 13.9. The summed E-state index contributed by atoms with van der Waals surface area (Å²) in [7, 11) is 0. The number of hydrogen-bond acceptors (Lipinski definition) is 5. The third-order valence-corrected chi connectivity index (χ3v) is 5.14. The summed E-state index contributed by atoms with van der Waals surface area (Å²) >= 11 is 0. The maximum Gasteiger partial charge on any atom is 0.221 e. The second-order valence-electron chi connectivity index (χ2n) is 7.25. The summed E-state index contributed by atoms with van der Waals surface area (Å²) in [6, 6.07) is 11.9. The SMILES string of the molecule is CC(=O)Nc1ccc(-c2cccc(-c3cncc(N4CCNCC4)c3)c2O)cc1F. The van der Waals surface area contributed by atoms with E-state index < -0.39 is 5.82 Å². The Morgan fingerprint density at radius 1 is 1.10 bits per heavy atom. The molecule has 0 aliphatic carbocycles. The zero-order valence-corrected chi connectivity index (χ0v) is 16.7. The molecule has 1 aliphatic heterocycles. The summed E-state index contributed by atoms with van der Waals surface area (Å²) in [6.45, 7) is 4.97. The number of anilines is 2. The molecule has 30 heavy (non-hydrogen) atoms. The van der Waals surface area contributed by atoms with Crippen LogP contribution in [0.4, 0.5) is 15.8 Å². The van der Waals surface area contributed by atoms with Gasteiger partial charge in [0.25, 0.3) is 0 Å². The fraction of sp³-hybridized carbons (Fsp3) is 0.217. The Hall–Kier alpha value is -3.45. The molecule has 2 heterocycles. The average molecular weight is 406 g/mol. The summed E-state index contributed by atoms with van der Waals surface area (Å²) in [5, 5.41) is 16.7. The van der Waals surface area contributed by atoms with Crippen LogP contribution in [0, 0.1) is 5.82 Å². The van der Waals surface area contributed by atoms with Gasteiger partial charge < -0.3 is 20.6 Å². The fourth-order valence-electron chi connectivity index (χ4n) is 3.65. The highest BCUT2D eigenvalue weighted by Gasteiger charge is 2.16. The molecular weight excluding hydrogens is 383 g/mol. The van der Waals surface area contributed by atoms with E-state index in [-0.39, 0.29) is 17.3 Å². The zero-order valence-electron chi connectivity index (χ0n) is 16.7. The van der Waals surface area contributed by atoms with Gasteiger partial charge >= 0.3 is 0 Å². The highest BCUT2D eigenvalue weighted by Crippen LogP contribution is 2.39. The van der Waals surface area contributed by atoms with E-state index in [2.05, 4.69) is 20.5 Å². The Morgan fingerprint density at radius 3 is 2.53 bits per heavy atom. The van der Waals surface area contributed by atoms with Crippen LogP contribution in [0.2, 0.25) is 0 Å². The number of para-hydroxylation sites is 1. The van der Waals surface area contributed by atoms with Crippen molar-refractivity contribution in [3.63, 3.8) is 0 Å². The van der Waals surface area contributed by atoms with E-state index in [0.717, 1.165) is 37.4 Å². The molecule has 0 radical (unpaired) electrons. The first-order valence-corrected chi connectivity index (χ1v) is 9.83. The van der Waals surface area contributed by atoms with E-state index in [1.54, 1.807) is 18.3 Å². The minimum atomic E-state index is -0.560. The Labute approximate surface area is 174 Å². The van der Waals surface area contributed by atoms with Gasteiger partial charge in [0.15, 0.2) is 0 Å². The van der Waals surface area contributed by atoms with Gasteiger partial charge in [0.05, 0.1) is 17.6 Å². The lowest BCUT2D eigenvalue weighted by Gasteiger charge is -2.29. The van der Waals surface area contributed by atoms with Crippen LogP contribution in [0.5, 0.6) is 5.75 Å². The maximum absolute atomic E-state index is 14.4. The number of carbonyl (C=O) groups excluding carboxylic acids is 1. The fourth-order valence-corrected chi connectivity index (χ4v) is 3.65. The lowest BCUT2D eigenvalue weighted by atomic mass is 9.97. The van der Waals surface area contributed by atoms with E-state index >= 15 is 0 Å². The average Bonchev–Trinajstić information content (AvgIpc) is 2.76. The van der Waals surface area contributed by atoms with Crippen LogP contribution in [-0.4, -0.2) is 42.2 Å². The van der Waals surface area contributed by atoms with Crippen molar-refractivity contribution in [2.45, 2.75) is 6.92 Å². The molecule has 0 saturated carbocycles. The second-order valence-corrected chi connectivity index (χ2v) is 7.25. The van der Waals surface area contributed by atoms with Gasteiger partial charge in [-0.15, -0.1) is 0 Å². The largest absolute Gasteiger partial charge is 0.507 e. The first-order chi connectivity index (χ1) is 14.5. The molecular formula is C23H23FN4O2. The number of hydrogen-bond donors (Lipinski definition) is 3. The van der Waals surface area contributed by atoms with Crippen molar-refractivity contribution in [1.82, 2.24) is 10.3 Å². The van der Waals surface area contributed by atoms with Gasteiger partial charge in [-0.3, -0.25) is 9.78 Å². The molecule has 0 bridgehead atoms. The Bertz CT molecular complexity index is 1080. The number of phenolic OH excluding ortho intramolecular Hbond substituents is 1. The van der Waals surface area contributed by atoms with Crippen LogP contribution in [0.1, 0.15) is 6.92 Å². The van der Waals surface area contributed by atoms with Crippen molar-refractivity contribution in [1.29, 1.82) is 0 Å². The van der Waals surface area contributed by atoms with Crippen LogP contribution in [0.15, 0.2) is 54.9 Å². The summed E-state index contributed by atoms with van der Waals surface area (Å²) in [6.07, 6.45) is 3.54. The molecule has 0 spiro atoms. The van der Waals surface area contributed by atoms with Crippen LogP contribution in [0.25, 0.3) is 22.3 Å². The number of halogens is 1. The number of phenols is 1. The van der Waals surface area contributed by atoms with Crippen molar-refractivity contribution >= 4 is 17.3 Å². The molecule has 7 heteroatoms. The van der Waals surface area contributed by atoms with Gasteiger partial charge in [-0.1, -0.05) is 24.3 Å². The number of carbonyl (C=O) groups is 1.